The number of rotatable bonds is 7. The SMILES string of the molecule is CN1CCN(c2ncc(CN[C@H](CCO)c3ccccc3)cn2)CC1. The highest BCUT2D eigenvalue weighted by molar-refractivity contribution is 5.30. The van der Waals surface area contributed by atoms with E-state index in [9.17, 15) is 5.11 Å². The van der Waals surface area contributed by atoms with E-state index in [1.54, 1.807) is 0 Å². The van der Waals surface area contributed by atoms with E-state index < -0.39 is 0 Å². The molecule has 134 valence electrons. The molecule has 1 aromatic carbocycles. The molecule has 3 rings (SSSR count). The number of benzene rings is 1. The van der Waals surface area contributed by atoms with Crippen LogP contribution in [0.15, 0.2) is 42.7 Å². The Balaban J connectivity index is 1.57. The maximum atomic E-state index is 9.32. The third kappa shape index (κ3) is 4.98. The summed E-state index contributed by atoms with van der Waals surface area (Å²) in [5, 5.41) is 12.8. The number of likely N-dealkylation sites (N-methyl/N-ethyl adjacent to an activating group) is 1. The summed E-state index contributed by atoms with van der Waals surface area (Å²) in [5.41, 5.74) is 2.24. The maximum absolute atomic E-state index is 9.32. The van der Waals surface area contributed by atoms with E-state index in [4.69, 9.17) is 0 Å². The molecule has 0 aliphatic carbocycles. The average Bonchev–Trinajstić information content (AvgIpc) is 2.67. The molecular weight excluding hydrogens is 314 g/mol. The molecule has 2 aromatic rings. The van der Waals surface area contributed by atoms with Gasteiger partial charge in [-0.2, -0.15) is 0 Å². The number of aliphatic hydroxyl groups is 1. The van der Waals surface area contributed by atoms with E-state index >= 15 is 0 Å². The smallest absolute Gasteiger partial charge is 0.225 e. The van der Waals surface area contributed by atoms with Gasteiger partial charge in [0.05, 0.1) is 0 Å². The molecular formula is C19H27N5O. The second-order valence-electron chi connectivity index (χ2n) is 6.54. The Labute approximate surface area is 149 Å². The summed E-state index contributed by atoms with van der Waals surface area (Å²) in [5.74, 6) is 0.812. The third-order valence-corrected chi connectivity index (χ3v) is 4.65. The third-order valence-electron chi connectivity index (χ3n) is 4.65. The van der Waals surface area contributed by atoms with E-state index in [0.717, 1.165) is 37.7 Å². The van der Waals surface area contributed by atoms with Crippen LogP contribution in [0.1, 0.15) is 23.6 Å². The summed E-state index contributed by atoms with van der Waals surface area (Å²) < 4.78 is 0. The van der Waals surface area contributed by atoms with Gasteiger partial charge in [-0.3, -0.25) is 0 Å². The fraction of sp³-hybridized carbons (Fsp3) is 0.474. The molecule has 0 saturated carbocycles. The van der Waals surface area contributed by atoms with Gasteiger partial charge >= 0.3 is 0 Å². The van der Waals surface area contributed by atoms with Gasteiger partial charge in [0.25, 0.3) is 0 Å². The van der Waals surface area contributed by atoms with Crippen LogP contribution in [0.4, 0.5) is 5.95 Å². The van der Waals surface area contributed by atoms with E-state index in [2.05, 4.69) is 44.3 Å². The molecule has 2 heterocycles. The highest BCUT2D eigenvalue weighted by Gasteiger charge is 2.16. The molecule has 6 nitrogen and oxygen atoms in total. The number of hydrogen-bond acceptors (Lipinski definition) is 6. The first-order valence-corrected chi connectivity index (χ1v) is 8.90. The molecule has 0 spiro atoms. The van der Waals surface area contributed by atoms with Crippen molar-refractivity contribution in [2.45, 2.75) is 19.0 Å². The molecule has 0 bridgehead atoms. The fourth-order valence-electron chi connectivity index (χ4n) is 3.05. The van der Waals surface area contributed by atoms with Crippen molar-refractivity contribution >= 4 is 5.95 Å². The first-order valence-electron chi connectivity index (χ1n) is 8.90. The Kier molecular flexibility index (Phi) is 6.33. The van der Waals surface area contributed by atoms with Crippen LogP contribution in [0.2, 0.25) is 0 Å². The minimum absolute atomic E-state index is 0.128. The largest absolute Gasteiger partial charge is 0.396 e. The van der Waals surface area contributed by atoms with E-state index in [1.807, 2.05) is 30.6 Å². The van der Waals surface area contributed by atoms with Crippen LogP contribution in [-0.2, 0) is 6.54 Å². The molecule has 1 atom stereocenters. The number of nitrogens with one attached hydrogen (secondary N) is 1. The topological polar surface area (TPSA) is 64.5 Å². The van der Waals surface area contributed by atoms with Gasteiger partial charge in [-0.25, -0.2) is 9.97 Å². The van der Waals surface area contributed by atoms with Gasteiger partial charge in [0.1, 0.15) is 0 Å². The molecule has 1 aromatic heterocycles. The van der Waals surface area contributed by atoms with Crippen LogP contribution >= 0.6 is 0 Å². The second-order valence-corrected chi connectivity index (χ2v) is 6.54. The molecule has 2 N–H and O–H groups in total. The summed E-state index contributed by atoms with van der Waals surface area (Å²) in [6.45, 7) is 4.88. The lowest BCUT2D eigenvalue weighted by atomic mass is 10.0. The molecule has 1 fully saturated rings. The highest BCUT2D eigenvalue weighted by Crippen LogP contribution is 2.17. The van der Waals surface area contributed by atoms with Gasteiger partial charge in [0, 0.05) is 63.3 Å². The van der Waals surface area contributed by atoms with Crippen LogP contribution < -0.4 is 10.2 Å². The minimum atomic E-state index is 0.128. The Hall–Kier alpha value is -2.02. The van der Waals surface area contributed by atoms with Crippen molar-refractivity contribution < 1.29 is 5.11 Å². The lowest BCUT2D eigenvalue weighted by molar-refractivity contribution is 0.265. The molecule has 0 radical (unpaired) electrons. The van der Waals surface area contributed by atoms with Gasteiger partial charge < -0.3 is 20.2 Å². The van der Waals surface area contributed by atoms with Gasteiger partial charge in [0.15, 0.2) is 0 Å². The quantitative estimate of drug-likeness (QED) is 0.795. The molecule has 6 heteroatoms. The fourth-order valence-corrected chi connectivity index (χ4v) is 3.05. The summed E-state index contributed by atoms with van der Waals surface area (Å²) in [7, 11) is 2.14. The van der Waals surface area contributed by atoms with Crippen molar-refractivity contribution in [3.05, 3.63) is 53.9 Å². The van der Waals surface area contributed by atoms with Crippen LogP contribution in [0.3, 0.4) is 0 Å². The van der Waals surface area contributed by atoms with Crippen LogP contribution in [0.5, 0.6) is 0 Å². The minimum Gasteiger partial charge on any atom is -0.396 e. The predicted molar refractivity (Wildman–Crippen MR) is 99.5 cm³/mol. The zero-order chi connectivity index (χ0) is 17.5. The Morgan fingerprint density at radius 1 is 1.08 bits per heavy atom. The predicted octanol–water partition coefficient (Wildman–Crippen LogP) is 1.44. The monoisotopic (exact) mass is 341 g/mol. The van der Waals surface area contributed by atoms with Crippen LogP contribution in [0.25, 0.3) is 0 Å². The zero-order valence-electron chi connectivity index (χ0n) is 14.8. The summed E-state index contributed by atoms with van der Waals surface area (Å²) in [4.78, 5) is 13.6. The maximum Gasteiger partial charge on any atom is 0.225 e. The van der Waals surface area contributed by atoms with E-state index in [0.29, 0.717) is 13.0 Å². The van der Waals surface area contributed by atoms with Crippen LogP contribution in [-0.4, -0.2) is 59.8 Å². The van der Waals surface area contributed by atoms with Gasteiger partial charge in [0.2, 0.25) is 5.95 Å². The molecule has 1 saturated heterocycles. The van der Waals surface area contributed by atoms with Gasteiger partial charge in [-0.15, -0.1) is 0 Å². The standard InChI is InChI=1S/C19H27N5O/c1-23-8-10-24(11-9-23)19-21-14-16(15-22-19)13-20-18(7-12-25)17-5-3-2-4-6-17/h2-6,14-15,18,20,25H,7-13H2,1H3/t18-/m1/s1. The Morgan fingerprint density at radius 2 is 1.76 bits per heavy atom. The molecule has 0 unspecified atom stereocenters. The van der Waals surface area contributed by atoms with E-state index in [-0.39, 0.29) is 12.6 Å². The molecule has 0 amide bonds. The number of aliphatic hydroxyl groups excluding tert-OH is 1. The number of aromatic nitrogens is 2. The second kappa shape index (κ2) is 8.89. The van der Waals surface area contributed by atoms with Gasteiger partial charge in [-0.1, -0.05) is 30.3 Å². The lowest BCUT2D eigenvalue weighted by Gasteiger charge is -2.32. The first kappa shape index (κ1) is 17.8. The average molecular weight is 341 g/mol. The van der Waals surface area contributed by atoms with Crippen LogP contribution in [0, 0.1) is 0 Å². The Morgan fingerprint density at radius 3 is 2.40 bits per heavy atom. The molecule has 1 aliphatic rings. The van der Waals surface area contributed by atoms with Crippen molar-refractivity contribution in [3.63, 3.8) is 0 Å². The summed E-state index contributed by atoms with van der Waals surface area (Å²) in [6.07, 6.45) is 4.48. The normalized spacial score (nSPS) is 16.8. The first-order chi connectivity index (χ1) is 12.3. The number of nitrogens with zero attached hydrogens (tertiary/aromatic N) is 4. The number of anilines is 1. The summed E-state index contributed by atoms with van der Waals surface area (Å²) >= 11 is 0. The number of hydrogen-bond donors (Lipinski definition) is 2. The van der Waals surface area contributed by atoms with Crippen molar-refractivity contribution in [3.8, 4) is 0 Å². The Bertz CT molecular complexity index is 626. The van der Waals surface area contributed by atoms with Crippen molar-refractivity contribution in [2.75, 3.05) is 44.7 Å². The zero-order valence-corrected chi connectivity index (χ0v) is 14.8. The lowest BCUT2D eigenvalue weighted by Crippen LogP contribution is -2.45. The highest BCUT2D eigenvalue weighted by atomic mass is 16.3. The van der Waals surface area contributed by atoms with Crippen molar-refractivity contribution in [2.24, 2.45) is 0 Å². The van der Waals surface area contributed by atoms with Gasteiger partial charge in [-0.05, 0) is 19.0 Å². The molecule has 25 heavy (non-hydrogen) atoms. The number of piperazine rings is 1. The van der Waals surface area contributed by atoms with Crippen molar-refractivity contribution in [1.29, 1.82) is 0 Å². The van der Waals surface area contributed by atoms with E-state index in [1.165, 1.54) is 5.56 Å². The molecule has 1 aliphatic heterocycles. The summed E-state index contributed by atoms with van der Waals surface area (Å²) in [6, 6.07) is 10.3. The van der Waals surface area contributed by atoms with Crippen molar-refractivity contribution in [1.82, 2.24) is 20.2 Å².